The molecular formula is C16H20F2N2O3. The van der Waals surface area contributed by atoms with Gasteiger partial charge in [0.15, 0.2) is 11.6 Å². The van der Waals surface area contributed by atoms with Crippen LogP contribution in [0.1, 0.15) is 37.9 Å². The van der Waals surface area contributed by atoms with Gasteiger partial charge in [0.1, 0.15) is 0 Å². The molecule has 1 heterocycles. The normalized spacial score (nSPS) is 17.2. The number of carbonyl (C=O) groups excluding carboxylic acids is 2. The van der Waals surface area contributed by atoms with Crippen LogP contribution in [0.25, 0.3) is 0 Å². The number of hydrogen-bond acceptors (Lipinski definition) is 3. The van der Waals surface area contributed by atoms with Crippen molar-refractivity contribution in [2.75, 3.05) is 13.1 Å². The smallest absolute Gasteiger partial charge is 0.222 e. The van der Waals surface area contributed by atoms with Crippen molar-refractivity contribution >= 4 is 11.8 Å². The number of nitrogens with one attached hydrogen (secondary N) is 1. The molecule has 2 rings (SSSR count). The Morgan fingerprint density at radius 2 is 2.13 bits per heavy atom. The summed E-state index contributed by atoms with van der Waals surface area (Å²) in [5.41, 5.74) is 0.187. The fourth-order valence-electron chi connectivity index (χ4n) is 2.57. The maximum absolute atomic E-state index is 13.2. The van der Waals surface area contributed by atoms with Crippen molar-refractivity contribution in [2.24, 2.45) is 0 Å². The SMILES string of the molecule is CC(NC(=O)CCN1CCCC1=O)C(O)c1ccc(F)c(F)c1. The van der Waals surface area contributed by atoms with Crippen LogP contribution in [0, 0.1) is 11.6 Å². The molecule has 126 valence electrons. The van der Waals surface area contributed by atoms with Crippen molar-refractivity contribution in [3.05, 3.63) is 35.4 Å². The highest BCUT2D eigenvalue weighted by molar-refractivity contribution is 5.80. The molecular weight excluding hydrogens is 306 g/mol. The summed E-state index contributed by atoms with van der Waals surface area (Å²) in [7, 11) is 0. The van der Waals surface area contributed by atoms with Gasteiger partial charge in [0, 0.05) is 25.9 Å². The van der Waals surface area contributed by atoms with E-state index in [1.54, 1.807) is 11.8 Å². The number of likely N-dealkylation sites (tertiary alicyclic amines) is 1. The highest BCUT2D eigenvalue weighted by Gasteiger charge is 2.22. The second-order valence-corrected chi connectivity index (χ2v) is 5.71. The molecule has 0 bridgehead atoms. The number of amides is 2. The number of nitrogens with zero attached hydrogens (tertiary/aromatic N) is 1. The second-order valence-electron chi connectivity index (χ2n) is 5.71. The van der Waals surface area contributed by atoms with Crippen LogP contribution in [0.3, 0.4) is 0 Å². The monoisotopic (exact) mass is 326 g/mol. The van der Waals surface area contributed by atoms with Gasteiger partial charge < -0.3 is 15.3 Å². The van der Waals surface area contributed by atoms with Crippen LogP contribution in [0.5, 0.6) is 0 Å². The van der Waals surface area contributed by atoms with Crippen LogP contribution in [0.2, 0.25) is 0 Å². The largest absolute Gasteiger partial charge is 0.386 e. The third-order valence-electron chi connectivity index (χ3n) is 3.93. The highest BCUT2D eigenvalue weighted by Crippen LogP contribution is 2.19. The zero-order valence-electron chi connectivity index (χ0n) is 12.9. The van der Waals surface area contributed by atoms with Gasteiger partial charge in [0.05, 0.1) is 12.1 Å². The van der Waals surface area contributed by atoms with E-state index in [0.717, 1.165) is 18.6 Å². The molecule has 0 saturated carbocycles. The number of carbonyl (C=O) groups is 2. The first-order valence-corrected chi connectivity index (χ1v) is 7.58. The summed E-state index contributed by atoms with van der Waals surface area (Å²) >= 11 is 0. The lowest BCUT2D eigenvalue weighted by Gasteiger charge is -2.22. The molecule has 1 aliphatic rings. The van der Waals surface area contributed by atoms with Crippen molar-refractivity contribution in [3.8, 4) is 0 Å². The summed E-state index contributed by atoms with van der Waals surface area (Å²) < 4.78 is 26.1. The Kier molecular flexibility index (Phi) is 5.65. The molecule has 1 aliphatic heterocycles. The molecule has 1 fully saturated rings. The Morgan fingerprint density at radius 1 is 1.39 bits per heavy atom. The van der Waals surface area contributed by atoms with Gasteiger partial charge in [0.2, 0.25) is 11.8 Å². The quantitative estimate of drug-likeness (QED) is 0.833. The number of hydrogen-bond donors (Lipinski definition) is 2. The highest BCUT2D eigenvalue weighted by atomic mass is 19.2. The van der Waals surface area contributed by atoms with Crippen LogP contribution < -0.4 is 5.32 Å². The van der Waals surface area contributed by atoms with Crippen molar-refractivity contribution < 1.29 is 23.5 Å². The fourth-order valence-corrected chi connectivity index (χ4v) is 2.57. The molecule has 2 amide bonds. The summed E-state index contributed by atoms with van der Waals surface area (Å²) in [4.78, 5) is 25.0. The molecule has 1 aromatic carbocycles. The zero-order chi connectivity index (χ0) is 17.0. The summed E-state index contributed by atoms with van der Waals surface area (Å²) in [6.07, 6.45) is 0.321. The molecule has 1 saturated heterocycles. The third kappa shape index (κ3) is 4.48. The Bertz CT molecular complexity index is 595. The molecule has 2 unspecified atom stereocenters. The van der Waals surface area contributed by atoms with Gasteiger partial charge in [-0.2, -0.15) is 0 Å². The van der Waals surface area contributed by atoms with E-state index < -0.39 is 23.8 Å². The summed E-state index contributed by atoms with van der Waals surface area (Å²) in [6, 6.07) is 2.45. The molecule has 7 heteroatoms. The Hall–Kier alpha value is -2.02. The topological polar surface area (TPSA) is 69.6 Å². The molecule has 2 atom stereocenters. The third-order valence-corrected chi connectivity index (χ3v) is 3.93. The number of aliphatic hydroxyl groups excluding tert-OH is 1. The first-order valence-electron chi connectivity index (χ1n) is 7.58. The van der Waals surface area contributed by atoms with Crippen molar-refractivity contribution in [3.63, 3.8) is 0 Å². The lowest BCUT2D eigenvalue weighted by atomic mass is 10.0. The summed E-state index contributed by atoms with van der Waals surface area (Å²) in [5, 5.41) is 12.7. The van der Waals surface area contributed by atoms with E-state index in [9.17, 15) is 23.5 Å². The maximum atomic E-state index is 13.2. The van der Waals surface area contributed by atoms with Crippen LogP contribution in [-0.4, -0.2) is 41.0 Å². The fraction of sp³-hybridized carbons (Fsp3) is 0.500. The van der Waals surface area contributed by atoms with Crippen LogP contribution in [0.15, 0.2) is 18.2 Å². The molecule has 0 aliphatic carbocycles. The zero-order valence-corrected chi connectivity index (χ0v) is 12.9. The molecule has 23 heavy (non-hydrogen) atoms. The van der Waals surface area contributed by atoms with E-state index >= 15 is 0 Å². The Morgan fingerprint density at radius 3 is 2.74 bits per heavy atom. The number of benzene rings is 1. The van der Waals surface area contributed by atoms with E-state index in [1.807, 2.05) is 0 Å². The van der Waals surface area contributed by atoms with E-state index in [0.29, 0.717) is 19.5 Å². The van der Waals surface area contributed by atoms with E-state index in [4.69, 9.17) is 0 Å². The summed E-state index contributed by atoms with van der Waals surface area (Å²) in [5.74, 6) is -2.30. The molecule has 0 spiro atoms. The minimum absolute atomic E-state index is 0.0488. The average Bonchev–Trinajstić information content (AvgIpc) is 2.92. The minimum Gasteiger partial charge on any atom is -0.386 e. The lowest BCUT2D eigenvalue weighted by Crippen LogP contribution is -2.39. The van der Waals surface area contributed by atoms with Crippen molar-refractivity contribution in [1.29, 1.82) is 0 Å². The molecule has 5 nitrogen and oxygen atoms in total. The molecule has 1 aromatic rings. The number of aliphatic hydroxyl groups is 1. The van der Waals surface area contributed by atoms with E-state index in [2.05, 4.69) is 5.32 Å². The van der Waals surface area contributed by atoms with Crippen LogP contribution in [-0.2, 0) is 9.59 Å². The van der Waals surface area contributed by atoms with Crippen molar-refractivity contribution in [1.82, 2.24) is 10.2 Å². The van der Waals surface area contributed by atoms with Crippen LogP contribution >= 0.6 is 0 Å². The second kappa shape index (κ2) is 7.50. The first kappa shape index (κ1) is 17.3. The van der Waals surface area contributed by atoms with Gasteiger partial charge in [-0.25, -0.2) is 8.78 Å². The number of rotatable bonds is 6. The summed E-state index contributed by atoms with van der Waals surface area (Å²) in [6.45, 7) is 2.59. The van der Waals surface area contributed by atoms with Gasteiger partial charge in [-0.05, 0) is 31.0 Å². The molecule has 0 aromatic heterocycles. The minimum atomic E-state index is -1.15. The maximum Gasteiger partial charge on any atom is 0.222 e. The first-order chi connectivity index (χ1) is 10.9. The van der Waals surface area contributed by atoms with Gasteiger partial charge in [-0.1, -0.05) is 6.07 Å². The van der Waals surface area contributed by atoms with Crippen molar-refractivity contribution in [2.45, 2.75) is 38.3 Å². The van der Waals surface area contributed by atoms with Gasteiger partial charge in [0.25, 0.3) is 0 Å². The van der Waals surface area contributed by atoms with E-state index in [1.165, 1.54) is 6.07 Å². The number of halogens is 2. The standard InChI is InChI=1S/C16H20F2N2O3/c1-10(16(23)11-4-5-12(17)13(18)9-11)19-14(21)6-8-20-7-2-3-15(20)22/h4-5,9-10,16,23H,2-3,6-8H2,1H3,(H,19,21). The Labute approximate surface area is 133 Å². The molecule has 2 N–H and O–H groups in total. The van der Waals surface area contributed by atoms with Gasteiger partial charge in [-0.15, -0.1) is 0 Å². The van der Waals surface area contributed by atoms with Crippen LogP contribution in [0.4, 0.5) is 8.78 Å². The lowest BCUT2D eigenvalue weighted by molar-refractivity contribution is -0.128. The predicted molar refractivity (Wildman–Crippen MR) is 79.4 cm³/mol. The predicted octanol–water partition coefficient (Wildman–Crippen LogP) is 1.52. The van der Waals surface area contributed by atoms with E-state index in [-0.39, 0.29) is 23.8 Å². The average molecular weight is 326 g/mol. The van der Waals surface area contributed by atoms with Gasteiger partial charge >= 0.3 is 0 Å². The Balaban J connectivity index is 1.84. The molecule has 0 radical (unpaired) electrons. The van der Waals surface area contributed by atoms with Gasteiger partial charge in [-0.3, -0.25) is 9.59 Å².